The molecular formula is C25H19BrN4O4S. The molecule has 4 rings (SSSR count). The molecule has 0 saturated carbocycles. The summed E-state index contributed by atoms with van der Waals surface area (Å²) in [7, 11) is -3.89. The fraction of sp³-hybridized carbons (Fsp3) is 0. The van der Waals surface area contributed by atoms with Crippen molar-refractivity contribution in [1.29, 1.82) is 0 Å². The van der Waals surface area contributed by atoms with Gasteiger partial charge in [0.1, 0.15) is 5.69 Å². The highest BCUT2D eigenvalue weighted by molar-refractivity contribution is 9.10. The highest BCUT2D eigenvalue weighted by atomic mass is 79.9. The number of rotatable bonds is 6. The van der Waals surface area contributed by atoms with Gasteiger partial charge in [-0.25, -0.2) is 18.5 Å². The molecule has 3 aromatic carbocycles. The van der Waals surface area contributed by atoms with E-state index < -0.39 is 21.8 Å². The molecule has 2 amide bonds. The van der Waals surface area contributed by atoms with Crippen molar-refractivity contribution in [1.82, 2.24) is 4.98 Å². The number of primary sulfonamides is 1. The molecule has 8 nitrogen and oxygen atoms in total. The van der Waals surface area contributed by atoms with Gasteiger partial charge in [-0.3, -0.25) is 9.59 Å². The lowest BCUT2D eigenvalue weighted by Crippen LogP contribution is -2.19. The van der Waals surface area contributed by atoms with Crippen LogP contribution >= 0.6 is 15.9 Å². The average molecular weight is 551 g/mol. The van der Waals surface area contributed by atoms with Crippen LogP contribution in [0.4, 0.5) is 11.4 Å². The van der Waals surface area contributed by atoms with Crippen molar-refractivity contribution < 1.29 is 18.0 Å². The third kappa shape index (κ3) is 5.80. The number of para-hydroxylation sites is 1. The summed E-state index contributed by atoms with van der Waals surface area (Å²) in [4.78, 5) is 29.6. The Morgan fingerprint density at radius 3 is 2.17 bits per heavy atom. The van der Waals surface area contributed by atoms with Crippen LogP contribution in [0, 0.1) is 0 Å². The zero-order chi connectivity index (χ0) is 25.0. The number of nitrogens with one attached hydrogen (secondary N) is 2. The third-order valence-corrected chi connectivity index (χ3v) is 6.47. The van der Waals surface area contributed by atoms with Gasteiger partial charge in [-0.15, -0.1) is 0 Å². The Morgan fingerprint density at radius 1 is 0.800 bits per heavy atom. The summed E-state index contributed by atoms with van der Waals surface area (Å²) in [5, 5.41) is 10.8. The number of amides is 2. The molecule has 0 unspecified atom stereocenters. The van der Waals surface area contributed by atoms with Crippen LogP contribution in [-0.4, -0.2) is 25.2 Å². The summed E-state index contributed by atoms with van der Waals surface area (Å²) in [5.74, 6) is -0.877. The molecule has 0 saturated heterocycles. The number of carbonyl (C=O) groups excluding carboxylic acids is 2. The average Bonchev–Trinajstić information content (AvgIpc) is 2.84. The van der Waals surface area contributed by atoms with Gasteiger partial charge in [0.05, 0.1) is 16.1 Å². The predicted molar refractivity (Wildman–Crippen MR) is 138 cm³/mol. The van der Waals surface area contributed by atoms with Crippen molar-refractivity contribution in [3.8, 4) is 11.1 Å². The molecule has 4 aromatic rings. The van der Waals surface area contributed by atoms with Crippen molar-refractivity contribution in [2.75, 3.05) is 10.6 Å². The molecule has 1 heterocycles. The molecule has 4 N–H and O–H groups in total. The smallest absolute Gasteiger partial charge is 0.274 e. The summed E-state index contributed by atoms with van der Waals surface area (Å²) in [5.41, 5.74) is 2.38. The van der Waals surface area contributed by atoms with Crippen molar-refractivity contribution in [2.24, 2.45) is 5.14 Å². The second-order valence-corrected chi connectivity index (χ2v) is 9.88. The molecule has 0 radical (unpaired) electrons. The van der Waals surface area contributed by atoms with E-state index in [1.54, 1.807) is 78.9 Å². The third-order valence-electron chi connectivity index (χ3n) is 5.03. The minimum Gasteiger partial charge on any atom is -0.322 e. The number of benzene rings is 3. The van der Waals surface area contributed by atoms with Gasteiger partial charge >= 0.3 is 0 Å². The first kappa shape index (κ1) is 24.3. The van der Waals surface area contributed by atoms with E-state index in [-0.39, 0.29) is 16.2 Å². The summed E-state index contributed by atoms with van der Waals surface area (Å²) in [6, 6.07) is 23.0. The quantitative estimate of drug-likeness (QED) is 0.321. The fourth-order valence-corrected chi connectivity index (χ4v) is 4.37. The van der Waals surface area contributed by atoms with Crippen LogP contribution in [0.2, 0.25) is 0 Å². The normalized spacial score (nSPS) is 11.0. The van der Waals surface area contributed by atoms with Crippen molar-refractivity contribution in [3.05, 3.63) is 107 Å². The molecule has 0 aliphatic heterocycles. The predicted octanol–water partition coefficient (Wildman–Crippen LogP) is 4.66. The number of carbonyl (C=O) groups is 2. The van der Waals surface area contributed by atoms with E-state index in [9.17, 15) is 18.0 Å². The Balaban J connectivity index is 1.52. The van der Waals surface area contributed by atoms with E-state index in [0.717, 1.165) is 4.47 Å². The molecule has 0 atom stereocenters. The van der Waals surface area contributed by atoms with E-state index >= 15 is 0 Å². The van der Waals surface area contributed by atoms with Gasteiger partial charge in [0.25, 0.3) is 11.8 Å². The fourth-order valence-electron chi connectivity index (χ4n) is 3.37. The topological polar surface area (TPSA) is 131 Å². The second kappa shape index (κ2) is 10.2. The Kier molecular flexibility index (Phi) is 7.06. The molecule has 0 fully saturated rings. The maximum atomic E-state index is 13.0. The molecule has 0 aliphatic carbocycles. The van der Waals surface area contributed by atoms with E-state index in [1.807, 2.05) is 0 Å². The second-order valence-electron chi connectivity index (χ2n) is 7.43. The van der Waals surface area contributed by atoms with Crippen LogP contribution in [0.5, 0.6) is 0 Å². The standard InChI is InChI=1S/C25H19BrN4O4S/c26-17-11-14-22(28-15-17)25(32)30-21-7-3-1-6-20(21)24(31)29-18-12-9-16(10-13-18)19-5-2-4-8-23(19)35(27,33)34/h1-15H,(H,29,31)(H,30,32)(H2,27,33,34). The van der Waals surface area contributed by atoms with E-state index in [4.69, 9.17) is 5.14 Å². The van der Waals surface area contributed by atoms with Gasteiger partial charge in [0, 0.05) is 21.9 Å². The summed E-state index contributed by atoms with van der Waals surface area (Å²) in [6.07, 6.45) is 1.51. The molecule has 0 bridgehead atoms. The molecule has 176 valence electrons. The molecular weight excluding hydrogens is 532 g/mol. The van der Waals surface area contributed by atoms with Crippen LogP contribution in [-0.2, 0) is 10.0 Å². The Hall–Kier alpha value is -3.86. The van der Waals surface area contributed by atoms with Crippen molar-refractivity contribution in [2.45, 2.75) is 4.90 Å². The van der Waals surface area contributed by atoms with Gasteiger partial charge < -0.3 is 10.6 Å². The SMILES string of the molecule is NS(=O)(=O)c1ccccc1-c1ccc(NC(=O)c2ccccc2NC(=O)c2ccc(Br)cn2)cc1. The monoisotopic (exact) mass is 550 g/mol. The van der Waals surface area contributed by atoms with Gasteiger partial charge in [-0.2, -0.15) is 0 Å². The van der Waals surface area contributed by atoms with E-state index in [2.05, 4.69) is 31.5 Å². The number of hydrogen-bond donors (Lipinski definition) is 3. The maximum Gasteiger partial charge on any atom is 0.274 e. The minimum absolute atomic E-state index is 0.0155. The van der Waals surface area contributed by atoms with Gasteiger partial charge in [0.2, 0.25) is 10.0 Å². The molecule has 0 spiro atoms. The first-order chi connectivity index (χ1) is 16.7. The van der Waals surface area contributed by atoms with E-state index in [0.29, 0.717) is 22.5 Å². The highest BCUT2D eigenvalue weighted by Gasteiger charge is 2.17. The van der Waals surface area contributed by atoms with Gasteiger partial charge in [-0.1, -0.05) is 42.5 Å². The number of pyridine rings is 1. The Morgan fingerprint density at radius 2 is 1.49 bits per heavy atom. The summed E-state index contributed by atoms with van der Waals surface area (Å²) < 4.78 is 24.5. The summed E-state index contributed by atoms with van der Waals surface area (Å²) >= 11 is 3.27. The van der Waals surface area contributed by atoms with Crippen LogP contribution in [0.1, 0.15) is 20.8 Å². The number of sulfonamides is 1. The number of halogens is 1. The van der Waals surface area contributed by atoms with Crippen LogP contribution in [0.25, 0.3) is 11.1 Å². The van der Waals surface area contributed by atoms with Crippen molar-refractivity contribution in [3.63, 3.8) is 0 Å². The Labute approximate surface area is 210 Å². The van der Waals surface area contributed by atoms with E-state index in [1.165, 1.54) is 12.3 Å². The van der Waals surface area contributed by atoms with Crippen molar-refractivity contribution >= 4 is 49.1 Å². The number of nitrogens with zero attached hydrogens (tertiary/aromatic N) is 1. The maximum absolute atomic E-state index is 13.0. The van der Waals surface area contributed by atoms with Crippen LogP contribution in [0.15, 0.2) is 100 Å². The van der Waals surface area contributed by atoms with Crippen LogP contribution < -0.4 is 15.8 Å². The first-order valence-corrected chi connectivity index (χ1v) is 12.6. The lowest BCUT2D eigenvalue weighted by molar-refractivity contribution is 0.102. The zero-order valence-electron chi connectivity index (χ0n) is 18.1. The van der Waals surface area contributed by atoms with Gasteiger partial charge in [-0.05, 0) is 64.0 Å². The molecule has 10 heteroatoms. The largest absolute Gasteiger partial charge is 0.322 e. The number of aromatic nitrogens is 1. The van der Waals surface area contributed by atoms with Crippen LogP contribution in [0.3, 0.4) is 0 Å². The first-order valence-electron chi connectivity index (χ1n) is 10.3. The molecule has 1 aromatic heterocycles. The molecule has 0 aliphatic rings. The number of anilines is 2. The zero-order valence-corrected chi connectivity index (χ0v) is 20.5. The highest BCUT2D eigenvalue weighted by Crippen LogP contribution is 2.28. The molecule has 35 heavy (non-hydrogen) atoms. The Bertz CT molecular complexity index is 1510. The minimum atomic E-state index is -3.89. The number of nitrogens with two attached hydrogens (primary N) is 1. The number of hydrogen-bond acceptors (Lipinski definition) is 5. The lowest BCUT2D eigenvalue weighted by atomic mass is 10.1. The summed E-state index contributed by atoms with van der Waals surface area (Å²) in [6.45, 7) is 0. The van der Waals surface area contributed by atoms with Gasteiger partial charge in [0.15, 0.2) is 0 Å². The lowest BCUT2D eigenvalue weighted by Gasteiger charge is -2.12.